The summed E-state index contributed by atoms with van der Waals surface area (Å²) in [4.78, 5) is 28.8. The van der Waals surface area contributed by atoms with Gasteiger partial charge in [0.15, 0.2) is 0 Å². The fraction of sp³-hybridized carbons (Fsp3) is 0.400. The molecular formula is C20H23N3O5S2. The third-order valence-corrected chi connectivity index (χ3v) is 8.75. The second-order valence-corrected chi connectivity index (χ2v) is 10.4. The Kier molecular flexibility index (Phi) is 5.81. The Labute approximate surface area is 179 Å². The van der Waals surface area contributed by atoms with Crippen LogP contribution in [0.25, 0.3) is 0 Å². The smallest absolute Gasteiger partial charge is 0.252 e. The minimum Gasteiger partial charge on any atom is -0.497 e. The van der Waals surface area contributed by atoms with Crippen molar-refractivity contribution in [2.24, 2.45) is 5.92 Å². The highest BCUT2D eigenvalue weighted by Crippen LogP contribution is 2.29. The third kappa shape index (κ3) is 3.94. The van der Waals surface area contributed by atoms with Gasteiger partial charge in [-0.05, 0) is 23.6 Å². The molecule has 1 atom stereocenters. The van der Waals surface area contributed by atoms with Crippen LogP contribution >= 0.6 is 11.3 Å². The van der Waals surface area contributed by atoms with Gasteiger partial charge in [-0.25, -0.2) is 8.42 Å². The number of thiophene rings is 1. The van der Waals surface area contributed by atoms with E-state index in [1.54, 1.807) is 46.6 Å². The molecule has 0 aliphatic carbocycles. The van der Waals surface area contributed by atoms with Gasteiger partial charge in [0.1, 0.15) is 9.96 Å². The van der Waals surface area contributed by atoms with Gasteiger partial charge in [-0.15, -0.1) is 11.3 Å². The molecular weight excluding hydrogens is 426 g/mol. The van der Waals surface area contributed by atoms with Crippen LogP contribution < -0.4 is 9.64 Å². The molecule has 10 heteroatoms. The van der Waals surface area contributed by atoms with Crippen molar-refractivity contribution < 1.29 is 22.7 Å². The van der Waals surface area contributed by atoms with E-state index in [0.717, 1.165) is 0 Å². The lowest BCUT2D eigenvalue weighted by molar-refractivity contribution is -0.136. The first-order valence-electron chi connectivity index (χ1n) is 9.67. The Morgan fingerprint density at radius 3 is 2.57 bits per heavy atom. The zero-order chi connectivity index (χ0) is 21.3. The van der Waals surface area contributed by atoms with Crippen molar-refractivity contribution in [3.05, 3.63) is 41.8 Å². The van der Waals surface area contributed by atoms with Crippen molar-refractivity contribution in [1.82, 2.24) is 9.21 Å². The average molecular weight is 450 g/mol. The number of rotatable bonds is 5. The number of methoxy groups -OCH3 is 1. The largest absolute Gasteiger partial charge is 0.497 e. The number of benzene rings is 1. The predicted octanol–water partition coefficient (Wildman–Crippen LogP) is 1.64. The lowest BCUT2D eigenvalue weighted by Crippen LogP contribution is -2.52. The molecule has 0 bridgehead atoms. The first kappa shape index (κ1) is 20.8. The third-order valence-electron chi connectivity index (χ3n) is 5.48. The average Bonchev–Trinajstić information content (AvgIpc) is 3.44. The number of ether oxygens (including phenoxy) is 1. The number of amides is 2. The van der Waals surface area contributed by atoms with Crippen LogP contribution in [0.15, 0.2) is 46.0 Å². The summed E-state index contributed by atoms with van der Waals surface area (Å²) in [6.45, 7) is 1.48. The highest BCUT2D eigenvalue weighted by atomic mass is 32.2. The van der Waals surface area contributed by atoms with Crippen molar-refractivity contribution >= 4 is 38.9 Å². The Morgan fingerprint density at radius 1 is 1.13 bits per heavy atom. The summed E-state index contributed by atoms with van der Waals surface area (Å²) in [7, 11) is -1.94. The Bertz CT molecular complexity index is 1030. The summed E-state index contributed by atoms with van der Waals surface area (Å²) < 4.78 is 32.3. The van der Waals surface area contributed by atoms with Gasteiger partial charge < -0.3 is 14.5 Å². The normalized spacial score (nSPS) is 20.6. The van der Waals surface area contributed by atoms with Crippen molar-refractivity contribution in [3.8, 4) is 5.75 Å². The van der Waals surface area contributed by atoms with Crippen LogP contribution in [0.2, 0.25) is 0 Å². The lowest BCUT2D eigenvalue weighted by atomic mass is 10.1. The molecule has 0 spiro atoms. The minimum absolute atomic E-state index is 0.0954. The first-order valence-corrected chi connectivity index (χ1v) is 12.0. The van der Waals surface area contributed by atoms with Crippen molar-refractivity contribution in [2.75, 3.05) is 44.7 Å². The van der Waals surface area contributed by atoms with Crippen molar-refractivity contribution in [1.29, 1.82) is 0 Å². The van der Waals surface area contributed by atoms with E-state index >= 15 is 0 Å². The van der Waals surface area contributed by atoms with Gasteiger partial charge in [0, 0.05) is 50.9 Å². The quantitative estimate of drug-likeness (QED) is 0.693. The number of carbonyl (C=O) groups excluding carboxylic acids is 2. The van der Waals surface area contributed by atoms with Gasteiger partial charge in [0.25, 0.3) is 10.0 Å². The van der Waals surface area contributed by atoms with Crippen LogP contribution in [0.5, 0.6) is 5.75 Å². The second kappa shape index (κ2) is 8.37. The maximum absolute atomic E-state index is 13.0. The maximum Gasteiger partial charge on any atom is 0.252 e. The number of anilines is 1. The second-order valence-electron chi connectivity index (χ2n) is 7.27. The van der Waals surface area contributed by atoms with E-state index in [2.05, 4.69) is 0 Å². The molecule has 1 aromatic carbocycles. The fourth-order valence-electron chi connectivity index (χ4n) is 3.85. The summed E-state index contributed by atoms with van der Waals surface area (Å²) in [5.74, 6) is 0.0322. The van der Waals surface area contributed by atoms with Crippen LogP contribution in [0.1, 0.15) is 6.42 Å². The lowest BCUT2D eigenvalue weighted by Gasteiger charge is -2.34. The van der Waals surface area contributed by atoms with Crippen molar-refractivity contribution in [3.63, 3.8) is 0 Å². The van der Waals surface area contributed by atoms with Crippen LogP contribution in [-0.4, -0.2) is 69.3 Å². The molecule has 8 nitrogen and oxygen atoms in total. The molecule has 1 unspecified atom stereocenters. The molecule has 0 radical (unpaired) electrons. The number of hydrogen-bond donors (Lipinski definition) is 0. The van der Waals surface area contributed by atoms with E-state index in [1.807, 2.05) is 12.1 Å². The summed E-state index contributed by atoms with van der Waals surface area (Å²) >= 11 is 1.19. The minimum atomic E-state index is -3.51. The van der Waals surface area contributed by atoms with E-state index in [9.17, 15) is 18.0 Å². The topological polar surface area (TPSA) is 87.2 Å². The van der Waals surface area contributed by atoms with Crippen molar-refractivity contribution in [2.45, 2.75) is 10.6 Å². The number of sulfonamides is 1. The maximum atomic E-state index is 13.0. The molecule has 2 aromatic rings. The van der Waals surface area contributed by atoms with Gasteiger partial charge in [-0.2, -0.15) is 4.31 Å². The van der Waals surface area contributed by atoms with Gasteiger partial charge in [0.05, 0.1) is 13.0 Å². The zero-order valence-corrected chi connectivity index (χ0v) is 18.2. The van der Waals surface area contributed by atoms with E-state index in [1.165, 1.54) is 15.6 Å². The van der Waals surface area contributed by atoms with Crippen LogP contribution in [-0.2, 0) is 19.6 Å². The van der Waals surface area contributed by atoms with Crippen LogP contribution in [0, 0.1) is 5.92 Å². The molecule has 2 fully saturated rings. The molecule has 2 amide bonds. The number of nitrogens with zero attached hydrogens (tertiary/aromatic N) is 3. The standard InChI is InChI=1S/C20H23N3O5S2/c1-28-17-5-2-4-16(13-17)23-14-15(12-18(23)24)20(25)21-7-9-22(10-8-21)30(26,27)19-6-3-11-29-19/h2-6,11,13,15H,7-10,12,14H2,1H3. The van der Waals surface area contributed by atoms with Gasteiger partial charge in [0.2, 0.25) is 11.8 Å². The van der Waals surface area contributed by atoms with Gasteiger partial charge >= 0.3 is 0 Å². The van der Waals surface area contributed by atoms with Gasteiger partial charge in [-0.1, -0.05) is 12.1 Å². The molecule has 160 valence electrons. The highest BCUT2D eigenvalue weighted by Gasteiger charge is 2.39. The monoisotopic (exact) mass is 449 g/mol. The molecule has 3 heterocycles. The van der Waals surface area contributed by atoms with E-state index in [4.69, 9.17) is 4.74 Å². The van der Waals surface area contributed by atoms with E-state index in [-0.39, 0.29) is 31.3 Å². The predicted molar refractivity (Wildman–Crippen MR) is 113 cm³/mol. The van der Waals surface area contributed by atoms with E-state index in [0.29, 0.717) is 35.3 Å². The summed E-state index contributed by atoms with van der Waals surface area (Å²) in [5.41, 5.74) is 0.710. The SMILES string of the molecule is COc1cccc(N2CC(C(=O)N3CCN(S(=O)(=O)c4cccs4)CC3)CC2=O)c1. The summed E-state index contributed by atoms with van der Waals surface area (Å²) in [6.07, 6.45) is 0.156. The highest BCUT2D eigenvalue weighted by molar-refractivity contribution is 7.91. The molecule has 0 saturated carbocycles. The Morgan fingerprint density at radius 2 is 1.90 bits per heavy atom. The summed E-state index contributed by atoms with van der Waals surface area (Å²) in [5, 5.41) is 1.73. The molecule has 1 aromatic heterocycles. The Hall–Kier alpha value is -2.43. The first-order chi connectivity index (χ1) is 14.4. The molecule has 2 saturated heterocycles. The fourth-order valence-corrected chi connectivity index (χ4v) is 6.41. The van der Waals surface area contributed by atoms with E-state index < -0.39 is 15.9 Å². The summed E-state index contributed by atoms with van der Waals surface area (Å²) in [6, 6.07) is 10.5. The number of carbonyl (C=O) groups is 2. The molecule has 2 aliphatic rings. The Balaban J connectivity index is 1.38. The molecule has 2 aliphatic heterocycles. The van der Waals surface area contributed by atoms with Crippen LogP contribution in [0.4, 0.5) is 5.69 Å². The van der Waals surface area contributed by atoms with Crippen LogP contribution in [0.3, 0.4) is 0 Å². The molecule has 30 heavy (non-hydrogen) atoms. The molecule has 0 N–H and O–H groups in total. The molecule has 4 rings (SSSR count). The number of hydrogen-bond acceptors (Lipinski definition) is 6. The zero-order valence-electron chi connectivity index (χ0n) is 16.6. The number of piperazine rings is 1. The van der Waals surface area contributed by atoms with Gasteiger partial charge in [-0.3, -0.25) is 9.59 Å².